The summed E-state index contributed by atoms with van der Waals surface area (Å²) in [7, 11) is 0. The zero-order chi connectivity index (χ0) is 13.0. The molecule has 0 aliphatic carbocycles. The molecule has 2 nitrogen and oxygen atoms in total. The molecular formula is C14H21FN2S. The molecule has 1 fully saturated rings. The second kappa shape index (κ2) is 6.43. The van der Waals surface area contributed by atoms with Gasteiger partial charge in [-0.15, -0.1) is 0 Å². The van der Waals surface area contributed by atoms with E-state index in [1.165, 1.54) is 0 Å². The molecule has 1 unspecified atom stereocenters. The highest BCUT2D eigenvalue weighted by Gasteiger charge is 2.23. The third-order valence-corrected chi connectivity index (χ3v) is 4.48. The van der Waals surface area contributed by atoms with E-state index in [1.54, 1.807) is 12.1 Å². The monoisotopic (exact) mass is 268 g/mol. The Balaban J connectivity index is 2.28. The topological polar surface area (TPSA) is 15.3 Å². The molecule has 1 aromatic rings. The van der Waals surface area contributed by atoms with Gasteiger partial charge in [0.1, 0.15) is 5.82 Å². The fourth-order valence-corrected chi connectivity index (χ4v) is 3.36. The molecule has 1 atom stereocenters. The Bertz CT molecular complexity index is 397. The lowest BCUT2D eigenvalue weighted by Gasteiger charge is -2.36. The van der Waals surface area contributed by atoms with E-state index in [1.807, 2.05) is 17.8 Å². The van der Waals surface area contributed by atoms with Crippen molar-refractivity contribution < 1.29 is 4.39 Å². The van der Waals surface area contributed by atoms with Gasteiger partial charge in [-0.05, 0) is 25.1 Å². The van der Waals surface area contributed by atoms with E-state index in [4.69, 9.17) is 0 Å². The summed E-state index contributed by atoms with van der Waals surface area (Å²) >= 11 is 1.95. The van der Waals surface area contributed by atoms with Crippen LogP contribution in [0.25, 0.3) is 0 Å². The molecule has 18 heavy (non-hydrogen) atoms. The summed E-state index contributed by atoms with van der Waals surface area (Å²) in [6.07, 6.45) is 0. The van der Waals surface area contributed by atoms with Crippen LogP contribution in [0.5, 0.6) is 0 Å². The predicted molar refractivity (Wildman–Crippen MR) is 77.9 cm³/mol. The summed E-state index contributed by atoms with van der Waals surface area (Å²) in [5.74, 6) is 2.07. The summed E-state index contributed by atoms with van der Waals surface area (Å²) in [5, 5.41) is 3.29. The quantitative estimate of drug-likeness (QED) is 0.904. The Morgan fingerprint density at radius 2 is 2.33 bits per heavy atom. The van der Waals surface area contributed by atoms with Crippen molar-refractivity contribution in [3.05, 3.63) is 29.6 Å². The molecule has 100 valence electrons. The van der Waals surface area contributed by atoms with Crippen LogP contribution in [-0.2, 0) is 6.54 Å². The van der Waals surface area contributed by atoms with Crippen molar-refractivity contribution in [2.24, 2.45) is 0 Å². The van der Waals surface area contributed by atoms with E-state index in [-0.39, 0.29) is 5.82 Å². The van der Waals surface area contributed by atoms with Gasteiger partial charge in [0, 0.05) is 30.6 Å². The number of hydrogen-bond acceptors (Lipinski definition) is 3. The third kappa shape index (κ3) is 2.98. The van der Waals surface area contributed by atoms with Crippen molar-refractivity contribution in [1.82, 2.24) is 5.32 Å². The van der Waals surface area contributed by atoms with Crippen LogP contribution in [0.3, 0.4) is 0 Å². The Morgan fingerprint density at radius 1 is 1.50 bits per heavy atom. The summed E-state index contributed by atoms with van der Waals surface area (Å²) in [6.45, 7) is 6.82. The van der Waals surface area contributed by atoms with Crippen molar-refractivity contribution >= 4 is 17.4 Å². The molecule has 0 aromatic heterocycles. The first-order valence-corrected chi connectivity index (χ1v) is 7.72. The molecule has 1 aromatic carbocycles. The Labute approximate surface area is 113 Å². The third-order valence-electron chi connectivity index (χ3n) is 3.29. The van der Waals surface area contributed by atoms with Gasteiger partial charge in [-0.25, -0.2) is 4.39 Å². The summed E-state index contributed by atoms with van der Waals surface area (Å²) in [5.41, 5.74) is 1.86. The summed E-state index contributed by atoms with van der Waals surface area (Å²) in [4.78, 5) is 2.22. The van der Waals surface area contributed by atoms with E-state index in [0.29, 0.717) is 6.04 Å². The number of para-hydroxylation sites is 1. The molecule has 0 bridgehead atoms. The second-order valence-corrected chi connectivity index (χ2v) is 5.80. The van der Waals surface area contributed by atoms with Crippen molar-refractivity contribution in [3.63, 3.8) is 0 Å². The van der Waals surface area contributed by atoms with Crippen LogP contribution in [0.4, 0.5) is 10.1 Å². The molecule has 1 aliphatic rings. The van der Waals surface area contributed by atoms with Gasteiger partial charge in [0.15, 0.2) is 0 Å². The SMILES string of the molecule is CCNCc1cccc(F)c1N1CCSCC1C. The first kappa shape index (κ1) is 13.7. The highest BCUT2D eigenvalue weighted by molar-refractivity contribution is 7.99. The van der Waals surface area contributed by atoms with Crippen LogP contribution in [0.1, 0.15) is 19.4 Å². The smallest absolute Gasteiger partial charge is 0.146 e. The van der Waals surface area contributed by atoms with Crippen molar-refractivity contribution in [2.75, 3.05) is 29.5 Å². The van der Waals surface area contributed by atoms with Crippen LogP contribution >= 0.6 is 11.8 Å². The highest BCUT2D eigenvalue weighted by Crippen LogP contribution is 2.29. The fourth-order valence-electron chi connectivity index (χ4n) is 2.34. The van der Waals surface area contributed by atoms with Crippen molar-refractivity contribution in [2.45, 2.75) is 26.4 Å². The number of nitrogens with one attached hydrogen (secondary N) is 1. The van der Waals surface area contributed by atoms with E-state index >= 15 is 0 Å². The lowest BCUT2D eigenvalue weighted by molar-refractivity contribution is 0.596. The molecule has 1 saturated heterocycles. The zero-order valence-corrected chi connectivity index (χ0v) is 11.9. The number of anilines is 1. The average molecular weight is 268 g/mol. The Hall–Kier alpha value is -0.740. The summed E-state index contributed by atoms with van der Waals surface area (Å²) < 4.78 is 14.2. The molecule has 1 N–H and O–H groups in total. The molecule has 1 aliphatic heterocycles. The van der Waals surface area contributed by atoms with Crippen molar-refractivity contribution in [1.29, 1.82) is 0 Å². The van der Waals surface area contributed by atoms with E-state index < -0.39 is 0 Å². The van der Waals surface area contributed by atoms with Crippen LogP contribution in [0, 0.1) is 5.82 Å². The van der Waals surface area contributed by atoms with Gasteiger partial charge in [0.25, 0.3) is 0 Å². The molecule has 0 saturated carbocycles. The lowest BCUT2D eigenvalue weighted by Crippen LogP contribution is -2.41. The number of halogens is 1. The fraction of sp³-hybridized carbons (Fsp3) is 0.571. The minimum absolute atomic E-state index is 0.0934. The number of hydrogen-bond donors (Lipinski definition) is 1. The van der Waals surface area contributed by atoms with Crippen molar-refractivity contribution in [3.8, 4) is 0 Å². The van der Waals surface area contributed by atoms with Gasteiger partial charge in [-0.2, -0.15) is 11.8 Å². The Kier molecular flexibility index (Phi) is 4.89. The first-order valence-electron chi connectivity index (χ1n) is 6.56. The van der Waals surface area contributed by atoms with E-state index in [9.17, 15) is 4.39 Å². The van der Waals surface area contributed by atoms with Crippen LogP contribution in [0.2, 0.25) is 0 Å². The molecule has 1 heterocycles. The highest BCUT2D eigenvalue weighted by atomic mass is 32.2. The second-order valence-electron chi connectivity index (χ2n) is 4.65. The van der Waals surface area contributed by atoms with Gasteiger partial charge in [-0.3, -0.25) is 0 Å². The van der Waals surface area contributed by atoms with Gasteiger partial charge >= 0.3 is 0 Å². The lowest BCUT2D eigenvalue weighted by atomic mass is 10.1. The van der Waals surface area contributed by atoms with Gasteiger partial charge in [0.05, 0.1) is 5.69 Å². The van der Waals surface area contributed by atoms with E-state index in [2.05, 4.69) is 24.1 Å². The maximum Gasteiger partial charge on any atom is 0.146 e. The molecule has 0 radical (unpaired) electrons. The largest absolute Gasteiger partial charge is 0.365 e. The normalized spacial score (nSPS) is 20.2. The molecular weight excluding hydrogens is 247 g/mol. The van der Waals surface area contributed by atoms with Crippen LogP contribution in [0.15, 0.2) is 18.2 Å². The minimum atomic E-state index is -0.0934. The maximum atomic E-state index is 14.2. The van der Waals surface area contributed by atoms with E-state index in [0.717, 1.165) is 42.4 Å². The zero-order valence-electron chi connectivity index (χ0n) is 11.1. The molecule has 0 amide bonds. The maximum absolute atomic E-state index is 14.2. The van der Waals surface area contributed by atoms with Gasteiger partial charge < -0.3 is 10.2 Å². The molecule has 4 heteroatoms. The number of benzene rings is 1. The van der Waals surface area contributed by atoms with Crippen LogP contribution < -0.4 is 10.2 Å². The minimum Gasteiger partial charge on any atom is -0.365 e. The average Bonchev–Trinajstić information content (AvgIpc) is 2.38. The number of rotatable bonds is 4. The molecule has 0 spiro atoms. The number of thioether (sulfide) groups is 1. The first-order chi connectivity index (χ1) is 8.74. The van der Waals surface area contributed by atoms with Crippen LogP contribution in [-0.4, -0.2) is 30.6 Å². The predicted octanol–water partition coefficient (Wildman–Crippen LogP) is 2.88. The summed E-state index contributed by atoms with van der Waals surface area (Å²) in [6, 6.07) is 5.80. The molecule has 2 rings (SSSR count). The number of nitrogens with zero attached hydrogens (tertiary/aromatic N) is 1. The standard InChI is InChI=1S/C14H21FN2S/c1-3-16-9-12-5-4-6-13(15)14(12)17-7-8-18-10-11(17)2/h4-6,11,16H,3,7-10H2,1-2H3. The van der Waals surface area contributed by atoms with Gasteiger partial charge in [-0.1, -0.05) is 19.1 Å². The Morgan fingerprint density at radius 3 is 3.06 bits per heavy atom. The van der Waals surface area contributed by atoms with Gasteiger partial charge in [0.2, 0.25) is 0 Å².